The van der Waals surface area contributed by atoms with Crippen molar-refractivity contribution in [2.75, 3.05) is 33.7 Å². The Balaban J connectivity index is 2.49. The number of hydrogen-bond acceptors (Lipinski definition) is 3. The molecule has 2 N–H and O–H groups in total. The molecule has 0 bridgehead atoms. The number of likely N-dealkylation sites (tertiary alicyclic amines) is 1. The topological polar surface area (TPSA) is 32.5 Å². The van der Waals surface area contributed by atoms with E-state index >= 15 is 0 Å². The van der Waals surface area contributed by atoms with Crippen LogP contribution in [0, 0.1) is 5.92 Å². The zero-order valence-corrected chi connectivity index (χ0v) is 11.4. The minimum absolute atomic E-state index is 0.588. The zero-order valence-electron chi connectivity index (χ0n) is 11.4. The average Bonchev–Trinajstić information content (AvgIpc) is 2.68. The first-order chi connectivity index (χ1) is 7.60. The molecule has 1 heterocycles. The molecule has 0 aromatic rings. The second-order valence-corrected chi connectivity index (χ2v) is 5.47. The Hall–Kier alpha value is -0.120. The minimum Gasteiger partial charge on any atom is -0.329 e. The van der Waals surface area contributed by atoms with Crippen molar-refractivity contribution >= 4 is 0 Å². The van der Waals surface area contributed by atoms with E-state index in [2.05, 4.69) is 37.7 Å². The first-order valence-electron chi connectivity index (χ1n) is 6.70. The Bertz CT molecular complexity index is 194. The van der Waals surface area contributed by atoms with Gasteiger partial charge in [-0.15, -0.1) is 0 Å². The van der Waals surface area contributed by atoms with Gasteiger partial charge < -0.3 is 10.6 Å². The SMILES string of the molecule is CCCC(C)C(CN)N1CCC(N(C)C)C1. The molecule has 0 aromatic heterocycles. The number of rotatable bonds is 6. The first kappa shape index (κ1) is 13.9. The Morgan fingerprint density at radius 3 is 2.56 bits per heavy atom. The van der Waals surface area contributed by atoms with Crippen molar-refractivity contribution in [2.45, 2.75) is 45.2 Å². The third-order valence-corrected chi connectivity index (χ3v) is 4.04. The van der Waals surface area contributed by atoms with E-state index in [0.29, 0.717) is 6.04 Å². The van der Waals surface area contributed by atoms with Gasteiger partial charge in [0.2, 0.25) is 0 Å². The molecule has 0 aromatic carbocycles. The van der Waals surface area contributed by atoms with Crippen molar-refractivity contribution in [3.63, 3.8) is 0 Å². The summed E-state index contributed by atoms with van der Waals surface area (Å²) in [5.41, 5.74) is 5.95. The maximum atomic E-state index is 5.95. The lowest BCUT2D eigenvalue weighted by Gasteiger charge is -2.32. The van der Waals surface area contributed by atoms with Crippen LogP contribution in [0.15, 0.2) is 0 Å². The average molecular weight is 227 g/mol. The van der Waals surface area contributed by atoms with Crippen LogP contribution in [0.1, 0.15) is 33.1 Å². The van der Waals surface area contributed by atoms with Crippen LogP contribution in [0.3, 0.4) is 0 Å². The van der Waals surface area contributed by atoms with Crippen molar-refractivity contribution in [1.82, 2.24) is 9.80 Å². The summed E-state index contributed by atoms with van der Waals surface area (Å²) >= 11 is 0. The van der Waals surface area contributed by atoms with E-state index in [-0.39, 0.29) is 0 Å². The van der Waals surface area contributed by atoms with Gasteiger partial charge in [-0.25, -0.2) is 0 Å². The zero-order chi connectivity index (χ0) is 12.1. The molecule has 0 spiro atoms. The van der Waals surface area contributed by atoms with Crippen molar-refractivity contribution in [3.8, 4) is 0 Å². The predicted molar refractivity (Wildman–Crippen MR) is 70.6 cm³/mol. The van der Waals surface area contributed by atoms with Gasteiger partial charge in [-0.2, -0.15) is 0 Å². The first-order valence-corrected chi connectivity index (χ1v) is 6.70. The van der Waals surface area contributed by atoms with Crippen LogP contribution in [-0.2, 0) is 0 Å². The number of hydrogen-bond donors (Lipinski definition) is 1. The molecule has 0 amide bonds. The molecule has 1 aliphatic heterocycles. The van der Waals surface area contributed by atoms with Gasteiger partial charge >= 0.3 is 0 Å². The van der Waals surface area contributed by atoms with E-state index in [1.807, 2.05) is 0 Å². The van der Waals surface area contributed by atoms with Gasteiger partial charge in [-0.05, 0) is 32.9 Å². The second-order valence-electron chi connectivity index (χ2n) is 5.47. The van der Waals surface area contributed by atoms with E-state index in [4.69, 9.17) is 5.73 Å². The second kappa shape index (κ2) is 6.58. The highest BCUT2D eigenvalue weighted by Gasteiger charge is 2.30. The van der Waals surface area contributed by atoms with E-state index in [0.717, 1.165) is 18.5 Å². The summed E-state index contributed by atoms with van der Waals surface area (Å²) in [7, 11) is 4.36. The molecule has 1 aliphatic rings. The van der Waals surface area contributed by atoms with Gasteiger partial charge in [0.1, 0.15) is 0 Å². The summed E-state index contributed by atoms with van der Waals surface area (Å²) in [5.74, 6) is 0.732. The molecule has 3 unspecified atom stereocenters. The Kier molecular flexibility index (Phi) is 5.73. The lowest BCUT2D eigenvalue weighted by atomic mass is 9.96. The van der Waals surface area contributed by atoms with Crippen LogP contribution in [0.2, 0.25) is 0 Å². The van der Waals surface area contributed by atoms with Crippen molar-refractivity contribution in [1.29, 1.82) is 0 Å². The van der Waals surface area contributed by atoms with Crippen molar-refractivity contribution < 1.29 is 0 Å². The summed E-state index contributed by atoms with van der Waals surface area (Å²) < 4.78 is 0. The third-order valence-electron chi connectivity index (χ3n) is 4.04. The molecule has 3 atom stereocenters. The fourth-order valence-corrected chi connectivity index (χ4v) is 2.88. The molecule has 0 aliphatic carbocycles. The predicted octanol–water partition coefficient (Wildman–Crippen LogP) is 1.39. The number of nitrogens with zero attached hydrogens (tertiary/aromatic N) is 2. The molecule has 16 heavy (non-hydrogen) atoms. The molecule has 1 saturated heterocycles. The molecule has 3 nitrogen and oxygen atoms in total. The summed E-state index contributed by atoms with van der Waals surface area (Å²) in [6.45, 7) is 7.84. The maximum absolute atomic E-state index is 5.95. The number of nitrogens with two attached hydrogens (primary N) is 1. The molecule has 0 radical (unpaired) electrons. The largest absolute Gasteiger partial charge is 0.329 e. The molecule has 1 fully saturated rings. The number of likely N-dealkylation sites (N-methyl/N-ethyl adjacent to an activating group) is 1. The van der Waals surface area contributed by atoms with Crippen molar-refractivity contribution in [2.24, 2.45) is 11.7 Å². The summed E-state index contributed by atoms with van der Waals surface area (Å²) in [5, 5.41) is 0. The standard InChI is InChI=1S/C13H29N3/c1-5-6-11(2)13(9-14)16-8-7-12(10-16)15(3)4/h11-13H,5-10,14H2,1-4H3. The fraction of sp³-hybridized carbons (Fsp3) is 1.00. The normalized spacial score (nSPS) is 26.2. The van der Waals surface area contributed by atoms with Gasteiger partial charge in [-0.1, -0.05) is 20.3 Å². The van der Waals surface area contributed by atoms with E-state index in [9.17, 15) is 0 Å². The maximum Gasteiger partial charge on any atom is 0.0244 e. The minimum atomic E-state index is 0.588. The van der Waals surface area contributed by atoms with Crippen LogP contribution >= 0.6 is 0 Å². The van der Waals surface area contributed by atoms with Crippen molar-refractivity contribution in [3.05, 3.63) is 0 Å². The van der Waals surface area contributed by atoms with E-state index < -0.39 is 0 Å². The summed E-state index contributed by atoms with van der Waals surface area (Å²) in [4.78, 5) is 4.95. The molecule has 3 heteroatoms. The highest BCUT2D eigenvalue weighted by molar-refractivity contribution is 4.87. The van der Waals surface area contributed by atoms with Gasteiger partial charge in [0.05, 0.1) is 0 Å². The van der Waals surface area contributed by atoms with E-state index in [1.54, 1.807) is 0 Å². The Morgan fingerprint density at radius 2 is 2.12 bits per heavy atom. The fourth-order valence-electron chi connectivity index (χ4n) is 2.88. The summed E-state index contributed by atoms with van der Waals surface area (Å²) in [6, 6.07) is 1.31. The lowest BCUT2D eigenvalue weighted by molar-refractivity contribution is 0.167. The molecular weight excluding hydrogens is 198 g/mol. The van der Waals surface area contributed by atoms with Crippen LogP contribution in [0.25, 0.3) is 0 Å². The van der Waals surface area contributed by atoms with Crippen LogP contribution in [0.5, 0.6) is 0 Å². The molecular formula is C13H29N3. The molecule has 1 rings (SSSR count). The molecule has 96 valence electrons. The highest BCUT2D eigenvalue weighted by Crippen LogP contribution is 2.22. The monoisotopic (exact) mass is 227 g/mol. The van der Waals surface area contributed by atoms with Crippen LogP contribution in [-0.4, -0.2) is 55.6 Å². The smallest absolute Gasteiger partial charge is 0.0244 e. The van der Waals surface area contributed by atoms with Gasteiger partial charge in [0, 0.05) is 31.7 Å². The van der Waals surface area contributed by atoms with Crippen LogP contribution < -0.4 is 5.73 Å². The highest BCUT2D eigenvalue weighted by atomic mass is 15.3. The van der Waals surface area contributed by atoms with Gasteiger partial charge in [0.25, 0.3) is 0 Å². The summed E-state index contributed by atoms with van der Waals surface area (Å²) in [6.07, 6.45) is 3.86. The van der Waals surface area contributed by atoms with Crippen LogP contribution in [0.4, 0.5) is 0 Å². The Labute approximate surface area is 101 Å². The quantitative estimate of drug-likeness (QED) is 0.744. The van der Waals surface area contributed by atoms with Gasteiger partial charge in [-0.3, -0.25) is 4.90 Å². The third kappa shape index (κ3) is 3.44. The Morgan fingerprint density at radius 1 is 1.44 bits per heavy atom. The molecule has 0 saturated carbocycles. The van der Waals surface area contributed by atoms with Gasteiger partial charge in [0.15, 0.2) is 0 Å². The van der Waals surface area contributed by atoms with E-state index in [1.165, 1.54) is 32.4 Å². The lowest BCUT2D eigenvalue weighted by Crippen LogP contribution is -2.45.